The molecule has 5 heteroatoms. The Hall–Kier alpha value is -1.36. The third-order valence-corrected chi connectivity index (χ3v) is 4.36. The summed E-state index contributed by atoms with van der Waals surface area (Å²) in [5, 5.41) is 12.1. The number of benzene rings is 1. The molecule has 0 fully saturated rings. The minimum Gasteiger partial charge on any atom is -0.481 e. The zero-order valence-electron chi connectivity index (χ0n) is 12.2. The minimum absolute atomic E-state index is 0.188. The molecule has 110 valence electrons. The second-order valence-electron chi connectivity index (χ2n) is 5.91. The molecule has 0 radical (unpaired) electrons. The maximum atomic E-state index is 12.1. The van der Waals surface area contributed by atoms with Crippen molar-refractivity contribution in [3.05, 3.63) is 34.3 Å². The molecule has 0 aliphatic rings. The summed E-state index contributed by atoms with van der Waals surface area (Å²) in [5.74, 6) is -1.13. The number of carbonyl (C=O) groups excluding carboxylic acids is 1. The molecule has 1 rings (SSSR count). The molecule has 1 aromatic carbocycles. The first-order valence-corrected chi connectivity index (χ1v) is 7.14. The number of carbonyl (C=O) groups is 2. The Bertz CT molecular complexity index is 506. The van der Waals surface area contributed by atoms with Crippen LogP contribution in [-0.2, 0) is 16.0 Å². The summed E-state index contributed by atoms with van der Waals surface area (Å²) < 4.78 is 0.953. The monoisotopic (exact) mass is 341 g/mol. The van der Waals surface area contributed by atoms with Crippen LogP contribution in [0.5, 0.6) is 0 Å². The van der Waals surface area contributed by atoms with Gasteiger partial charge in [0.1, 0.15) is 0 Å². The highest BCUT2D eigenvalue weighted by molar-refractivity contribution is 9.10. The Morgan fingerprint density at radius 3 is 2.10 bits per heavy atom. The predicted octanol–water partition coefficient (Wildman–Crippen LogP) is 3.00. The number of halogens is 1. The zero-order valence-corrected chi connectivity index (χ0v) is 13.7. The van der Waals surface area contributed by atoms with Gasteiger partial charge in [-0.05, 0) is 45.4 Å². The molecule has 20 heavy (non-hydrogen) atoms. The van der Waals surface area contributed by atoms with Crippen LogP contribution in [-0.4, -0.2) is 22.5 Å². The van der Waals surface area contributed by atoms with Gasteiger partial charge in [-0.25, -0.2) is 0 Å². The summed E-state index contributed by atoms with van der Waals surface area (Å²) in [6, 6.07) is 7.46. The van der Waals surface area contributed by atoms with E-state index in [9.17, 15) is 14.7 Å². The summed E-state index contributed by atoms with van der Waals surface area (Å²) in [5.41, 5.74) is -1.01. The lowest BCUT2D eigenvalue weighted by atomic mass is 9.74. The molecule has 0 saturated heterocycles. The molecule has 0 saturated carbocycles. The van der Waals surface area contributed by atoms with Gasteiger partial charge in [-0.1, -0.05) is 28.1 Å². The molecule has 4 nitrogen and oxygen atoms in total. The highest BCUT2D eigenvalue weighted by Crippen LogP contribution is 2.30. The SMILES string of the molecule is CC(C)(NC(=O)Cc1ccc(Br)cc1)C(C)(C)C(=O)O. The Kier molecular flexibility index (Phi) is 4.97. The third-order valence-electron chi connectivity index (χ3n) is 3.83. The molecule has 0 aliphatic carbocycles. The second kappa shape index (κ2) is 5.95. The molecule has 0 aromatic heterocycles. The van der Waals surface area contributed by atoms with Crippen molar-refractivity contribution >= 4 is 27.8 Å². The number of hydrogen-bond donors (Lipinski definition) is 2. The van der Waals surface area contributed by atoms with Crippen molar-refractivity contribution in [2.45, 2.75) is 39.7 Å². The van der Waals surface area contributed by atoms with E-state index in [1.165, 1.54) is 0 Å². The van der Waals surface area contributed by atoms with Crippen molar-refractivity contribution in [3.63, 3.8) is 0 Å². The first kappa shape index (κ1) is 16.7. The van der Waals surface area contributed by atoms with Gasteiger partial charge >= 0.3 is 5.97 Å². The molecular formula is C15H20BrNO3. The van der Waals surface area contributed by atoms with Crippen molar-refractivity contribution in [1.82, 2.24) is 5.32 Å². The average Bonchev–Trinajstić information content (AvgIpc) is 2.31. The zero-order chi connectivity index (χ0) is 15.6. The van der Waals surface area contributed by atoms with Gasteiger partial charge in [0, 0.05) is 10.0 Å². The van der Waals surface area contributed by atoms with Crippen LogP contribution in [0, 0.1) is 5.41 Å². The van der Waals surface area contributed by atoms with Crippen molar-refractivity contribution in [1.29, 1.82) is 0 Å². The minimum atomic E-state index is -1.05. The molecule has 0 spiro atoms. The van der Waals surface area contributed by atoms with E-state index in [0.29, 0.717) is 0 Å². The van der Waals surface area contributed by atoms with Crippen LogP contribution in [0.2, 0.25) is 0 Å². The van der Waals surface area contributed by atoms with E-state index in [-0.39, 0.29) is 12.3 Å². The lowest BCUT2D eigenvalue weighted by Gasteiger charge is -2.38. The molecule has 0 atom stereocenters. The van der Waals surface area contributed by atoms with E-state index in [1.54, 1.807) is 27.7 Å². The lowest BCUT2D eigenvalue weighted by Crippen LogP contribution is -2.57. The molecule has 2 N–H and O–H groups in total. The number of aliphatic carboxylic acids is 1. The fourth-order valence-corrected chi connectivity index (χ4v) is 1.87. The highest BCUT2D eigenvalue weighted by Gasteiger charge is 2.44. The molecule has 0 aliphatic heterocycles. The van der Waals surface area contributed by atoms with E-state index in [2.05, 4.69) is 21.2 Å². The van der Waals surface area contributed by atoms with Crippen molar-refractivity contribution < 1.29 is 14.7 Å². The van der Waals surface area contributed by atoms with Gasteiger partial charge in [0.05, 0.1) is 11.8 Å². The molecular weight excluding hydrogens is 322 g/mol. The Balaban J connectivity index is 2.75. The first-order chi connectivity index (χ1) is 9.06. The summed E-state index contributed by atoms with van der Waals surface area (Å²) >= 11 is 3.34. The van der Waals surface area contributed by atoms with Crippen LogP contribution in [0.4, 0.5) is 0 Å². The third kappa shape index (κ3) is 3.82. The fraction of sp³-hybridized carbons (Fsp3) is 0.467. The molecule has 0 heterocycles. The van der Waals surface area contributed by atoms with E-state index in [1.807, 2.05) is 24.3 Å². The normalized spacial score (nSPS) is 12.1. The van der Waals surface area contributed by atoms with E-state index in [4.69, 9.17) is 0 Å². The van der Waals surface area contributed by atoms with Crippen LogP contribution in [0.25, 0.3) is 0 Å². The van der Waals surface area contributed by atoms with Gasteiger partial charge in [-0.3, -0.25) is 9.59 Å². The Morgan fingerprint density at radius 1 is 1.15 bits per heavy atom. The number of carboxylic acids is 1. The lowest BCUT2D eigenvalue weighted by molar-refractivity contribution is -0.151. The summed E-state index contributed by atoms with van der Waals surface area (Å²) in [6.45, 7) is 6.66. The quantitative estimate of drug-likeness (QED) is 0.865. The van der Waals surface area contributed by atoms with Crippen LogP contribution in [0.3, 0.4) is 0 Å². The number of amides is 1. The average molecular weight is 342 g/mol. The van der Waals surface area contributed by atoms with Gasteiger partial charge in [0.15, 0.2) is 0 Å². The van der Waals surface area contributed by atoms with Gasteiger partial charge in [-0.15, -0.1) is 0 Å². The Morgan fingerprint density at radius 2 is 1.65 bits per heavy atom. The van der Waals surface area contributed by atoms with Crippen LogP contribution >= 0.6 is 15.9 Å². The van der Waals surface area contributed by atoms with Gasteiger partial charge < -0.3 is 10.4 Å². The summed E-state index contributed by atoms with van der Waals surface area (Å²) in [4.78, 5) is 23.4. The standard InChI is InChI=1S/C15H20BrNO3/c1-14(2,13(19)20)15(3,4)17-12(18)9-10-5-7-11(16)8-6-10/h5-8H,9H2,1-4H3,(H,17,18)(H,19,20). The number of rotatable bonds is 5. The van der Waals surface area contributed by atoms with Crippen LogP contribution < -0.4 is 5.32 Å². The molecule has 1 aromatic rings. The topological polar surface area (TPSA) is 66.4 Å². The number of nitrogens with one attached hydrogen (secondary N) is 1. The molecule has 0 bridgehead atoms. The van der Waals surface area contributed by atoms with Crippen molar-refractivity contribution in [2.75, 3.05) is 0 Å². The van der Waals surface area contributed by atoms with E-state index < -0.39 is 16.9 Å². The largest absolute Gasteiger partial charge is 0.481 e. The number of carboxylic acid groups (broad SMARTS) is 1. The smallest absolute Gasteiger partial charge is 0.311 e. The second-order valence-corrected chi connectivity index (χ2v) is 6.82. The first-order valence-electron chi connectivity index (χ1n) is 6.35. The van der Waals surface area contributed by atoms with Gasteiger partial charge in [0.2, 0.25) is 5.91 Å². The van der Waals surface area contributed by atoms with Crippen LogP contribution in [0.15, 0.2) is 28.7 Å². The van der Waals surface area contributed by atoms with E-state index >= 15 is 0 Å². The molecule has 0 unspecified atom stereocenters. The van der Waals surface area contributed by atoms with E-state index in [0.717, 1.165) is 10.0 Å². The predicted molar refractivity (Wildman–Crippen MR) is 81.5 cm³/mol. The Labute approximate surface area is 127 Å². The maximum Gasteiger partial charge on any atom is 0.311 e. The van der Waals surface area contributed by atoms with Gasteiger partial charge in [-0.2, -0.15) is 0 Å². The maximum absolute atomic E-state index is 12.1. The number of hydrogen-bond acceptors (Lipinski definition) is 2. The summed E-state index contributed by atoms with van der Waals surface area (Å²) in [6.07, 6.45) is 0.229. The fourth-order valence-electron chi connectivity index (χ4n) is 1.60. The molecule has 1 amide bonds. The van der Waals surface area contributed by atoms with Crippen molar-refractivity contribution in [3.8, 4) is 0 Å². The summed E-state index contributed by atoms with van der Waals surface area (Å²) in [7, 11) is 0. The highest BCUT2D eigenvalue weighted by atomic mass is 79.9. The van der Waals surface area contributed by atoms with Crippen LogP contribution in [0.1, 0.15) is 33.3 Å². The van der Waals surface area contributed by atoms with Gasteiger partial charge in [0.25, 0.3) is 0 Å². The van der Waals surface area contributed by atoms with Crippen molar-refractivity contribution in [2.24, 2.45) is 5.41 Å².